The van der Waals surface area contributed by atoms with Crippen LogP contribution in [0.2, 0.25) is 0 Å². The van der Waals surface area contributed by atoms with Crippen LogP contribution in [0.15, 0.2) is 4.99 Å². The van der Waals surface area contributed by atoms with Gasteiger partial charge in [0.1, 0.15) is 6.10 Å². The third-order valence-electron chi connectivity index (χ3n) is 1.73. The van der Waals surface area contributed by atoms with Gasteiger partial charge in [-0.1, -0.05) is 13.3 Å². The molecule has 0 saturated carbocycles. The highest BCUT2D eigenvalue weighted by molar-refractivity contribution is 5.67. The molecule has 1 heterocycles. The maximum absolute atomic E-state index is 5.36. The van der Waals surface area contributed by atoms with Gasteiger partial charge in [-0.15, -0.1) is 0 Å². The van der Waals surface area contributed by atoms with E-state index < -0.39 is 0 Å². The molecule has 64 valence electrons. The molecule has 11 heavy (non-hydrogen) atoms. The largest absolute Gasteiger partial charge is 0.364 e. The number of rotatable bonds is 4. The summed E-state index contributed by atoms with van der Waals surface area (Å²) < 4.78 is 5.36. The first-order chi connectivity index (χ1) is 5.24. The monoisotopic (exact) mass is 155 g/mol. The van der Waals surface area contributed by atoms with Gasteiger partial charge in [-0.05, 0) is 20.3 Å². The number of epoxide rings is 1. The van der Waals surface area contributed by atoms with E-state index in [9.17, 15) is 0 Å². The van der Waals surface area contributed by atoms with Crippen molar-refractivity contribution in [2.75, 3.05) is 0 Å². The van der Waals surface area contributed by atoms with Gasteiger partial charge in [-0.3, -0.25) is 4.99 Å². The maximum Gasteiger partial charge on any atom is 0.119 e. The molecule has 1 fully saturated rings. The molecule has 1 saturated heterocycles. The van der Waals surface area contributed by atoms with Gasteiger partial charge >= 0.3 is 0 Å². The van der Waals surface area contributed by atoms with E-state index in [-0.39, 0.29) is 0 Å². The highest BCUT2D eigenvalue weighted by Gasteiger charge is 2.35. The molecule has 0 aromatic heterocycles. The smallest absolute Gasteiger partial charge is 0.119 e. The number of hydrogen-bond acceptors (Lipinski definition) is 2. The van der Waals surface area contributed by atoms with Gasteiger partial charge in [0.05, 0.1) is 6.10 Å². The maximum atomic E-state index is 5.36. The Balaban J connectivity index is 2.12. The number of nitrogens with zero attached hydrogens (tertiary/aromatic N) is 1. The lowest BCUT2D eigenvalue weighted by Crippen LogP contribution is -1.97. The van der Waals surface area contributed by atoms with Crippen LogP contribution in [0.4, 0.5) is 0 Å². The van der Waals surface area contributed by atoms with Gasteiger partial charge in [0, 0.05) is 12.3 Å². The van der Waals surface area contributed by atoms with E-state index in [1.165, 1.54) is 12.8 Å². The molecule has 0 spiro atoms. The standard InChI is InChI=1S/C9H17NO/c1-4-5-8-9(11-8)6-10-7(2)3/h6-9H,4-5H2,1-3H3/t8-,9-/m1/s1. The van der Waals surface area contributed by atoms with Gasteiger partial charge in [0.2, 0.25) is 0 Å². The third kappa shape index (κ3) is 3.02. The quantitative estimate of drug-likeness (QED) is 0.450. The van der Waals surface area contributed by atoms with Gasteiger partial charge in [0.25, 0.3) is 0 Å². The van der Waals surface area contributed by atoms with Crippen LogP contribution in [0.5, 0.6) is 0 Å². The van der Waals surface area contributed by atoms with Gasteiger partial charge in [-0.2, -0.15) is 0 Å². The van der Waals surface area contributed by atoms with Crippen molar-refractivity contribution in [1.29, 1.82) is 0 Å². The SMILES string of the molecule is CCC[C@H]1O[C@@H]1C=NC(C)C. The zero-order valence-corrected chi connectivity index (χ0v) is 7.58. The van der Waals surface area contributed by atoms with Crippen LogP contribution in [0.1, 0.15) is 33.6 Å². The van der Waals surface area contributed by atoms with Gasteiger partial charge < -0.3 is 4.74 Å². The minimum absolute atomic E-state index is 0.331. The van der Waals surface area contributed by atoms with Crippen molar-refractivity contribution >= 4 is 6.21 Å². The molecule has 2 nitrogen and oxygen atoms in total. The predicted octanol–water partition coefficient (Wildman–Crippen LogP) is 2.03. The third-order valence-corrected chi connectivity index (χ3v) is 1.73. The number of hydrogen-bond donors (Lipinski definition) is 0. The lowest BCUT2D eigenvalue weighted by atomic mass is 10.2. The minimum Gasteiger partial charge on any atom is -0.364 e. The molecule has 0 bridgehead atoms. The van der Waals surface area contributed by atoms with Crippen LogP contribution < -0.4 is 0 Å². The first-order valence-electron chi connectivity index (χ1n) is 4.42. The second-order valence-electron chi connectivity index (χ2n) is 3.32. The summed E-state index contributed by atoms with van der Waals surface area (Å²) >= 11 is 0. The van der Waals surface area contributed by atoms with Crippen LogP contribution in [0, 0.1) is 0 Å². The van der Waals surface area contributed by atoms with Crippen molar-refractivity contribution in [3.63, 3.8) is 0 Å². The van der Waals surface area contributed by atoms with Crippen LogP contribution >= 0.6 is 0 Å². The molecule has 2 atom stereocenters. The normalized spacial score (nSPS) is 30.2. The van der Waals surface area contributed by atoms with Crippen molar-refractivity contribution in [3.05, 3.63) is 0 Å². The second-order valence-corrected chi connectivity index (χ2v) is 3.32. The van der Waals surface area contributed by atoms with E-state index >= 15 is 0 Å². The zero-order valence-electron chi connectivity index (χ0n) is 7.58. The summed E-state index contributed by atoms with van der Waals surface area (Å²) in [5.41, 5.74) is 0. The molecular formula is C9H17NO. The summed E-state index contributed by atoms with van der Waals surface area (Å²) in [6, 6.07) is 0.404. The Labute approximate surface area is 68.7 Å². The highest BCUT2D eigenvalue weighted by atomic mass is 16.6. The van der Waals surface area contributed by atoms with Crippen LogP contribution in [-0.4, -0.2) is 24.5 Å². The summed E-state index contributed by atoms with van der Waals surface area (Å²) in [4.78, 5) is 4.27. The molecule has 0 amide bonds. The van der Waals surface area contributed by atoms with E-state index in [2.05, 4.69) is 25.8 Å². The van der Waals surface area contributed by atoms with Crippen LogP contribution in [-0.2, 0) is 4.74 Å². The van der Waals surface area contributed by atoms with E-state index in [0.717, 1.165) is 0 Å². The molecule has 1 rings (SSSR count). The van der Waals surface area contributed by atoms with Crippen molar-refractivity contribution in [3.8, 4) is 0 Å². The summed E-state index contributed by atoms with van der Waals surface area (Å²) in [5, 5.41) is 0. The molecule has 2 heteroatoms. The highest BCUT2D eigenvalue weighted by Crippen LogP contribution is 2.24. The number of ether oxygens (including phenoxy) is 1. The van der Waals surface area contributed by atoms with E-state index in [0.29, 0.717) is 18.2 Å². The fourth-order valence-electron chi connectivity index (χ4n) is 1.06. The molecule has 0 aromatic rings. The van der Waals surface area contributed by atoms with Crippen molar-refractivity contribution < 1.29 is 4.74 Å². The Morgan fingerprint density at radius 2 is 2.27 bits per heavy atom. The Morgan fingerprint density at radius 1 is 1.55 bits per heavy atom. The number of aliphatic imine (C=N–C) groups is 1. The van der Waals surface area contributed by atoms with E-state index in [4.69, 9.17) is 4.74 Å². The van der Waals surface area contributed by atoms with E-state index in [1.807, 2.05) is 6.21 Å². The molecule has 1 aliphatic heterocycles. The summed E-state index contributed by atoms with van der Waals surface area (Å²) in [5.74, 6) is 0. The van der Waals surface area contributed by atoms with Crippen molar-refractivity contribution in [1.82, 2.24) is 0 Å². The average Bonchev–Trinajstić information content (AvgIpc) is 2.64. The zero-order chi connectivity index (χ0) is 8.27. The fraction of sp³-hybridized carbons (Fsp3) is 0.889. The van der Waals surface area contributed by atoms with Crippen molar-refractivity contribution in [2.45, 2.75) is 51.9 Å². The first-order valence-corrected chi connectivity index (χ1v) is 4.42. The molecule has 0 N–H and O–H groups in total. The molecular weight excluding hydrogens is 138 g/mol. The molecule has 0 aliphatic carbocycles. The van der Waals surface area contributed by atoms with Gasteiger partial charge in [-0.25, -0.2) is 0 Å². The Kier molecular flexibility index (Phi) is 3.06. The molecule has 0 unspecified atom stereocenters. The molecule has 0 radical (unpaired) electrons. The minimum atomic E-state index is 0.331. The summed E-state index contributed by atoms with van der Waals surface area (Å²) in [7, 11) is 0. The molecule has 0 aromatic carbocycles. The predicted molar refractivity (Wildman–Crippen MR) is 47.2 cm³/mol. The Hall–Kier alpha value is -0.370. The lowest BCUT2D eigenvalue weighted by Gasteiger charge is -1.91. The summed E-state index contributed by atoms with van der Waals surface area (Å²) in [6.45, 7) is 6.33. The lowest BCUT2D eigenvalue weighted by molar-refractivity contribution is 0.383. The average molecular weight is 155 g/mol. The van der Waals surface area contributed by atoms with E-state index in [1.54, 1.807) is 0 Å². The topological polar surface area (TPSA) is 24.9 Å². The summed E-state index contributed by atoms with van der Waals surface area (Å²) in [6.07, 6.45) is 5.14. The Morgan fingerprint density at radius 3 is 2.82 bits per heavy atom. The van der Waals surface area contributed by atoms with Crippen LogP contribution in [0.3, 0.4) is 0 Å². The van der Waals surface area contributed by atoms with Gasteiger partial charge in [0.15, 0.2) is 0 Å². The second kappa shape index (κ2) is 3.86. The van der Waals surface area contributed by atoms with Crippen LogP contribution in [0.25, 0.3) is 0 Å². The first kappa shape index (κ1) is 8.72. The van der Waals surface area contributed by atoms with Crippen molar-refractivity contribution in [2.24, 2.45) is 4.99 Å². The molecule has 1 aliphatic rings. The Bertz CT molecular complexity index is 142. The fourth-order valence-corrected chi connectivity index (χ4v) is 1.06.